The van der Waals surface area contributed by atoms with Gasteiger partial charge in [-0.1, -0.05) is 31.6 Å². The molecule has 0 heterocycles. The molecule has 2 aromatic rings. The maximum absolute atomic E-state index is 14.2. The molecule has 0 spiro atoms. The van der Waals surface area contributed by atoms with Gasteiger partial charge in [-0.15, -0.1) is 0 Å². The molecule has 0 saturated heterocycles. The van der Waals surface area contributed by atoms with Crippen LogP contribution in [0.5, 0.6) is 5.75 Å². The fraction of sp³-hybridized carbons (Fsp3) is 0.222. The van der Waals surface area contributed by atoms with E-state index in [2.05, 4.69) is 0 Å². The lowest BCUT2D eigenvalue weighted by molar-refractivity contribution is 0.415. The van der Waals surface area contributed by atoms with Crippen molar-refractivity contribution in [1.29, 1.82) is 0 Å². The van der Waals surface area contributed by atoms with E-state index in [0.717, 1.165) is 6.42 Å². The predicted molar refractivity (Wildman–Crippen MR) is 81.2 cm³/mol. The molecule has 0 N–H and O–H groups in total. The highest BCUT2D eigenvalue weighted by atomic mass is 19.2. The summed E-state index contributed by atoms with van der Waals surface area (Å²) in [4.78, 5) is 0. The molecular weight excluding hydrogens is 289 g/mol. The number of allylic oxidation sites excluding steroid dienone is 1. The van der Waals surface area contributed by atoms with E-state index < -0.39 is 17.5 Å². The summed E-state index contributed by atoms with van der Waals surface area (Å²) in [5.74, 6) is -2.76. The second-order valence-corrected chi connectivity index (χ2v) is 4.88. The topological polar surface area (TPSA) is 9.23 Å². The van der Waals surface area contributed by atoms with E-state index in [9.17, 15) is 13.2 Å². The Balaban J connectivity index is 2.41. The minimum absolute atomic E-state index is 0.00674. The van der Waals surface area contributed by atoms with Gasteiger partial charge in [0.25, 0.3) is 0 Å². The van der Waals surface area contributed by atoms with Crippen LogP contribution in [-0.4, -0.2) is 0 Å². The van der Waals surface area contributed by atoms with Gasteiger partial charge in [0.15, 0.2) is 11.6 Å². The maximum Gasteiger partial charge on any atom is 0.201 e. The van der Waals surface area contributed by atoms with Gasteiger partial charge < -0.3 is 4.74 Å². The fourth-order valence-corrected chi connectivity index (χ4v) is 2.17. The molecule has 0 amide bonds. The smallest absolute Gasteiger partial charge is 0.201 e. The van der Waals surface area contributed by atoms with E-state index in [0.29, 0.717) is 17.5 Å². The van der Waals surface area contributed by atoms with Crippen molar-refractivity contribution in [1.82, 2.24) is 0 Å². The molecule has 0 atom stereocenters. The van der Waals surface area contributed by atoms with Crippen LogP contribution in [0.15, 0.2) is 42.7 Å². The highest BCUT2D eigenvalue weighted by Gasteiger charge is 2.16. The second kappa shape index (κ2) is 7.16. The van der Waals surface area contributed by atoms with E-state index in [1.54, 1.807) is 25.1 Å². The Labute approximate surface area is 128 Å². The van der Waals surface area contributed by atoms with Crippen LogP contribution < -0.4 is 4.74 Å². The largest absolute Gasteiger partial charge is 0.462 e. The lowest BCUT2D eigenvalue weighted by atomic mass is 10.0. The third-order valence-electron chi connectivity index (χ3n) is 3.26. The molecule has 0 aromatic heterocycles. The fourth-order valence-electron chi connectivity index (χ4n) is 2.17. The summed E-state index contributed by atoms with van der Waals surface area (Å²) >= 11 is 0. The van der Waals surface area contributed by atoms with Gasteiger partial charge in [-0.3, -0.25) is 0 Å². The van der Waals surface area contributed by atoms with Crippen LogP contribution in [0.1, 0.15) is 25.8 Å². The summed E-state index contributed by atoms with van der Waals surface area (Å²) in [7, 11) is 0. The predicted octanol–water partition coefficient (Wildman–Crippen LogP) is 5.64. The Kier molecular flexibility index (Phi) is 5.26. The third kappa shape index (κ3) is 3.32. The standard InChI is InChI=1S/C18H17F3O/c1-3-5-12-6-7-13(11-15(12)19)14-8-9-16(22-10-4-2)18(21)17(14)20/h4,6-11H,3,5H2,1-2H3/b10-4+. The van der Waals surface area contributed by atoms with E-state index >= 15 is 0 Å². The molecule has 0 radical (unpaired) electrons. The summed E-state index contributed by atoms with van der Waals surface area (Å²) < 4.78 is 47.0. The minimum atomic E-state index is -1.09. The van der Waals surface area contributed by atoms with Crippen molar-refractivity contribution < 1.29 is 17.9 Å². The monoisotopic (exact) mass is 306 g/mol. The number of aryl methyl sites for hydroxylation is 1. The average Bonchev–Trinajstić information content (AvgIpc) is 2.51. The molecule has 1 nitrogen and oxygen atoms in total. The summed E-state index contributed by atoms with van der Waals surface area (Å²) in [6.45, 7) is 3.65. The summed E-state index contributed by atoms with van der Waals surface area (Å²) in [5, 5.41) is 0. The number of ether oxygens (including phenoxy) is 1. The minimum Gasteiger partial charge on any atom is -0.462 e. The Morgan fingerprint density at radius 2 is 1.82 bits per heavy atom. The van der Waals surface area contributed by atoms with Crippen molar-refractivity contribution in [3.05, 3.63) is 65.7 Å². The molecule has 4 heteroatoms. The number of hydrogen-bond donors (Lipinski definition) is 0. The third-order valence-corrected chi connectivity index (χ3v) is 3.26. The second-order valence-electron chi connectivity index (χ2n) is 4.88. The van der Waals surface area contributed by atoms with E-state index in [1.165, 1.54) is 24.5 Å². The van der Waals surface area contributed by atoms with Crippen LogP contribution >= 0.6 is 0 Å². The Bertz CT molecular complexity index is 693. The molecule has 0 bridgehead atoms. The van der Waals surface area contributed by atoms with Crippen LogP contribution in [0.4, 0.5) is 13.2 Å². The molecule has 0 saturated carbocycles. The van der Waals surface area contributed by atoms with Crippen molar-refractivity contribution in [3.63, 3.8) is 0 Å². The number of halogens is 3. The van der Waals surface area contributed by atoms with Gasteiger partial charge in [0.2, 0.25) is 5.82 Å². The Hall–Kier alpha value is -2.23. The zero-order valence-electron chi connectivity index (χ0n) is 12.5. The van der Waals surface area contributed by atoms with E-state index in [-0.39, 0.29) is 11.3 Å². The lowest BCUT2D eigenvalue weighted by Crippen LogP contribution is -1.96. The molecule has 0 aliphatic carbocycles. The summed E-state index contributed by atoms with van der Waals surface area (Å²) in [6, 6.07) is 7.14. The summed E-state index contributed by atoms with van der Waals surface area (Å²) in [5.41, 5.74) is 0.874. The molecular formula is C18H17F3O. The first-order valence-electron chi connectivity index (χ1n) is 7.13. The molecule has 0 aliphatic rings. The van der Waals surface area contributed by atoms with Crippen molar-refractivity contribution in [2.24, 2.45) is 0 Å². The van der Waals surface area contributed by atoms with Crippen molar-refractivity contribution in [3.8, 4) is 16.9 Å². The normalized spacial score (nSPS) is 11.1. The van der Waals surface area contributed by atoms with Gasteiger partial charge in [0.05, 0.1) is 6.26 Å². The molecule has 2 rings (SSSR count). The van der Waals surface area contributed by atoms with Gasteiger partial charge in [0.1, 0.15) is 5.82 Å². The van der Waals surface area contributed by atoms with Crippen LogP contribution in [-0.2, 0) is 6.42 Å². The quantitative estimate of drug-likeness (QED) is 0.650. The Morgan fingerprint density at radius 3 is 2.45 bits per heavy atom. The number of benzene rings is 2. The average molecular weight is 306 g/mol. The first kappa shape index (κ1) is 16.1. The molecule has 2 aromatic carbocycles. The summed E-state index contributed by atoms with van der Waals surface area (Å²) in [6.07, 6.45) is 4.25. The first-order valence-corrected chi connectivity index (χ1v) is 7.13. The van der Waals surface area contributed by atoms with Gasteiger partial charge in [-0.05, 0) is 42.7 Å². The molecule has 0 unspecified atom stereocenters. The maximum atomic E-state index is 14.2. The first-order chi connectivity index (χ1) is 10.6. The highest BCUT2D eigenvalue weighted by Crippen LogP contribution is 2.31. The lowest BCUT2D eigenvalue weighted by Gasteiger charge is -2.09. The molecule has 0 fully saturated rings. The van der Waals surface area contributed by atoms with Gasteiger partial charge in [0, 0.05) is 5.56 Å². The SMILES string of the molecule is C/C=C/Oc1ccc(-c2ccc(CCC)c(F)c2)c(F)c1F. The van der Waals surface area contributed by atoms with E-state index in [4.69, 9.17) is 4.74 Å². The zero-order valence-corrected chi connectivity index (χ0v) is 12.5. The van der Waals surface area contributed by atoms with Crippen LogP contribution in [0, 0.1) is 17.5 Å². The van der Waals surface area contributed by atoms with Crippen molar-refractivity contribution >= 4 is 0 Å². The zero-order chi connectivity index (χ0) is 16.1. The molecule has 22 heavy (non-hydrogen) atoms. The van der Waals surface area contributed by atoms with Crippen LogP contribution in [0.3, 0.4) is 0 Å². The number of rotatable bonds is 5. The highest BCUT2D eigenvalue weighted by molar-refractivity contribution is 5.65. The van der Waals surface area contributed by atoms with Crippen LogP contribution in [0.2, 0.25) is 0 Å². The van der Waals surface area contributed by atoms with Crippen LogP contribution in [0.25, 0.3) is 11.1 Å². The number of hydrogen-bond acceptors (Lipinski definition) is 1. The Morgan fingerprint density at radius 1 is 1.05 bits per heavy atom. The van der Waals surface area contributed by atoms with Crippen molar-refractivity contribution in [2.75, 3.05) is 0 Å². The van der Waals surface area contributed by atoms with E-state index in [1.807, 2.05) is 6.92 Å². The van der Waals surface area contributed by atoms with Crippen molar-refractivity contribution in [2.45, 2.75) is 26.7 Å². The molecule has 0 aliphatic heterocycles. The van der Waals surface area contributed by atoms with Gasteiger partial charge in [-0.2, -0.15) is 4.39 Å². The molecule has 116 valence electrons. The van der Waals surface area contributed by atoms with Gasteiger partial charge in [-0.25, -0.2) is 8.78 Å². The van der Waals surface area contributed by atoms with Gasteiger partial charge >= 0.3 is 0 Å².